The predicted molar refractivity (Wildman–Crippen MR) is 145 cm³/mol. The molecule has 0 bridgehead atoms. The zero-order chi connectivity index (χ0) is 26.2. The molecule has 0 saturated heterocycles. The SMILES string of the molecule is CCCCCCOC1CCc2cc(-c3ccc(OC(=O)c4ccc(C)cc4)cc3C(=O)OC)ccc2C1. The summed E-state index contributed by atoms with van der Waals surface area (Å²) in [5, 5.41) is 0. The first-order chi connectivity index (χ1) is 18.0. The molecule has 1 aliphatic rings. The Balaban J connectivity index is 1.49. The average molecular weight is 501 g/mol. The van der Waals surface area contributed by atoms with E-state index in [-0.39, 0.29) is 6.10 Å². The summed E-state index contributed by atoms with van der Waals surface area (Å²) in [5.74, 6) is -0.649. The Morgan fingerprint density at radius 2 is 1.70 bits per heavy atom. The summed E-state index contributed by atoms with van der Waals surface area (Å²) in [7, 11) is 1.35. The molecule has 0 heterocycles. The second-order valence-electron chi connectivity index (χ2n) is 9.73. The summed E-state index contributed by atoms with van der Waals surface area (Å²) >= 11 is 0. The molecule has 5 nitrogen and oxygen atoms in total. The highest BCUT2D eigenvalue weighted by Crippen LogP contribution is 2.32. The van der Waals surface area contributed by atoms with Crippen LogP contribution in [-0.4, -0.2) is 31.8 Å². The minimum absolute atomic E-state index is 0.271. The molecule has 0 N–H and O–H groups in total. The van der Waals surface area contributed by atoms with Crippen molar-refractivity contribution in [2.75, 3.05) is 13.7 Å². The van der Waals surface area contributed by atoms with Gasteiger partial charge in [-0.1, -0.05) is 62.1 Å². The van der Waals surface area contributed by atoms with Gasteiger partial charge in [0.1, 0.15) is 5.75 Å². The van der Waals surface area contributed by atoms with Crippen LogP contribution in [0.3, 0.4) is 0 Å². The van der Waals surface area contributed by atoms with Crippen LogP contribution in [0.4, 0.5) is 0 Å². The van der Waals surface area contributed by atoms with Crippen LogP contribution in [0.1, 0.15) is 76.4 Å². The Bertz CT molecular complexity index is 1230. The zero-order valence-corrected chi connectivity index (χ0v) is 22.0. The van der Waals surface area contributed by atoms with E-state index >= 15 is 0 Å². The molecule has 0 amide bonds. The standard InChI is InChI=1S/C32H36O5/c1-4-5-6-7-18-36-27-15-14-24-19-26(13-12-25(24)20-27)29-17-16-28(21-30(29)32(34)35-3)37-31(33)23-10-8-22(2)9-11-23/h8-13,16-17,19,21,27H,4-7,14-15,18,20H2,1-3H3. The third-order valence-electron chi connectivity index (χ3n) is 6.95. The lowest BCUT2D eigenvalue weighted by molar-refractivity contribution is 0.0417. The van der Waals surface area contributed by atoms with Gasteiger partial charge in [-0.3, -0.25) is 0 Å². The van der Waals surface area contributed by atoms with Crippen LogP contribution in [0, 0.1) is 6.92 Å². The lowest BCUT2D eigenvalue weighted by Crippen LogP contribution is -2.23. The summed E-state index contributed by atoms with van der Waals surface area (Å²) in [6.07, 6.45) is 8.00. The number of ether oxygens (including phenoxy) is 3. The Hall–Kier alpha value is -3.44. The predicted octanol–water partition coefficient (Wildman–Crippen LogP) is 7.12. The normalized spacial score (nSPS) is 14.6. The summed E-state index contributed by atoms with van der Waals surface area (Å²) in [6, 6.07) is 18.6. The van der Waals surface area contributed by atoms with Crippen molar-refractivity contribution in [3.8, 4) is 16.9 Å². The number of carbonyl (C=O) groups is 2. The van der Waals surface area contributed by atoms with Crippen LogP contribution < -0.4 is 4.74 Å². The van der Waals surface area contributed by atoms with Crippen LogP contribution in [-0.2, 0) is 22.3 Å². The molecule has 3 aromatic rings. The van der Waals surface area contributed by atoms with Crippen LogP contribution in [0.25, 0.3) is 11.1 Å². The van der Waals surface area contributed by atoms with E-state index < -0.39 is 11.9 Å². The Kier molecular flexibility index (Phi) is 9.13. The number of rotatable bonds is 10. The van der Waals surface area contributed by atoms with Crippen LogP contribution in [0.15, 0.2) is 60.7 Å². The van der Waals surface area contributed by atoms with Crippen LogP contribution in [0.5, 0.6) is 5.75 Å². The Labute approximate surface area is 219 Å². The lowest BCUT2D eigenvalue weighted by atomic mass is 9.86. The summed E-state index contributed by atoms with van der Waals surface area (Å²) in [5.41, 5.74) is 6.15. The molecule has 0 spiro atoms. The van der Waals surface area contributed by atoms with Gasteiger partial charge in [0.05, 0.1) is 24.3 Å². The van der Waals surface area contributed by atoms with Crippen LogP contribution in [0.2, 0.25) is 0 Å². The van der Waals surface area contributed by atoms with Gasteiger partial charge >= 0.3 is 11.9 Å². The van der Waals surface area contributed by atoms with E-state index in [0.717, 1.165) is 49.0 Å². The van der Waals surface area contributed by atoms with Crippen molar-refractivity contribution in [2.24, 2.45) is 0 Å². The number of carbonyl (C=O) groups excluding carboxylic acids is 2. The summed E-state index contributed by atoms with van der Waals surface area (Å²) < 4.78 is 16.8. The average Bonchev–Trinajstić information content (AvgIpc) is 2.92. The molecule has 0 fully saturated rings. The zero-order valence-electron chi connectivity index (χ0n) is 22.0. The van der Waals surface area contributed by atoms with E-state index in [9.17, 15) is 9.59 Å². The van der Waals surface area contributed by atoms with Crippen molar-refractivity contribution in [2.45, 2.75) is 64.9 Å². The van der Waals surface area contributed by atoms with Crippen molar-refractivity contribution in [1.29, 1.82) is 0 Å². The number of benzene rings is 3. The van der Waals surface area contributed by atoms with Gasteiger partial charge in [0.25, 0.3) is 0 Å². The highest BCUT2D eigenvalue weighted by molar-refractivity contribution is 5.98. The first-order valence-electron chi connectivity index (χ1n) is 13.2. The molecule has 0 saturated carbocycles. The second-order valence-corrected chi connectivity index (χ2v) is 9.73. The maximum atomic E-state index is 12.7. The number of esters is 2. The molecule has 4 rings (SSSR count). The van der Waals surface area contributed by atoms with Crippen molar-refractivity contribution >= 4 is 11.9 Å². The van der Waals surface area contributed by atoms with Gasteiger partial charge in [-0.25, -0.2) is 9.59 Å². The number of fused-ring (bicyclic) bond motifs is 1. The molecular formula is C32H36O5. The first kappa shape index (κ1) is 26.6. The molecule has 1 aliphatic carbocycles. The molecule has 1 atom stereocenters. The summed E-state index contributed by atoms with van der Waals surface area (Å²) in [4.78, 5) is 25.3. The molecule has 0 radical (unpaired) electrons. The maximum absolute atomic E-state index is 12.7. The van der Waals surface area contributed by atoms with Gasteiger partial charge in [-0.15, -0.1) is 0 Å². The van der Waals surface area contributed by atoms with Gasteiger partial charge in [0.15, 0.2) is 0 Å². The van der Waals surface area contributed by atoms with E-state index in [0.29, 0.717) is 16.9 Å². The Morgan fingerprint density at radius 3 is 2.46 bits per heavy atom. The third kappa shape index (κ3) is 6.86. The van der Waals surface area contributed by atoms with Gasteiger partial charge in [0.2, 0.25) is 0 Å². The van der Waals surface area contributed by atoms with Crippen molar-refractivity contribution in [1.82, 2.24) is 0 Å². The van der Waals surface area contributed by atoms with Crippen molar-refractivity contribution < 1.29 is 23.8 Å². The number of hydrogen-bond acceptors (Lipinski definition) is 5. The molecule has 194 valence electrons. The molecule has 0 aliphatic heterocycles. The fraction of sp³-hybridized carbons (Fsp3) is 0.375. The van der Waals surface area contributed by atoms with Gasteiger partial charge in [-0.05, 0) is 85.2 Å². The Morgan fingerprint density at radius 1 is 0.892 bits per heavy atom. The quantitative estimate of drug-likeness (QED) is 0.168. The van der Waals surface area contributed by atoms with E-state index in [1.807, 2.05) is 31.2 Å². The van der Waals surface area contributed by atoms with E-state index in [4.69, 9.17) is 14.2 Å². The minimum atomic E-state index is -0.475. The highest BCUT2D eigenvalue weighted by atomic mass is 16.5. The van der Waals surface area contributed by atoms with Gasteiger partial charge in [-0.2, -0.15) is 0 Å². The molecule has 37 heavy (non-hydrogen) atoms. The highest BCUT2D eigenvalue weighted by Gasteiger charge is 2.22. The molecule has 1 unspecified atom stereocenters. The van der Waals surface area contributed by atoms with Crippen molar-refractivity contribution in [3.63, 3.8) is 0 Å². The van der Waals surface area contributed by atoms with E-state index in [1.54, 1.807) is 24.3 Å². The number of hydrogen-bond donors (Lipinski definition) is 0. The summed E-state index contributed by atoms with van der Waals surface area (Å²) in [6.45, 7) is 5.01. The smallest absolute Gasteiger partial charge is 0.343 e. The number of methoxy groups -OCH3 is 1. The van der Waals surface area contributed by atoms with Gasteiger partial charge < -0.3 is 14.2 Å². The van der Waals surface area contributed by atoms with Crippen LogP contribution >= 0.6 is 0 Å². The molecular weight excluding hydrogens is 464 g/mol. The first-order valence-corrected chi connectivity index (χ1v) is 13.2. The van der Waals surface area contributed by atoms with Gasteiger partial charge in [0, 0.05) is 6.61 Å². The maximum Gasteiger partial charge on any atom is 0.343 e. The lowest BCUT2D eigenvalue weighted by Gasteiger charge is -2.25. The van der Waals surface area contributed by atoms with Crippen molar-refractivity contribution in [3.05, 3.63) is 88.5 Å². The minimum Gasteiger partial charge on any atom is -0.465 e. The monoisotopic (exact) mass is 500 g/mol. The molecule has 0 aromatic heterocycles. The second kappa shape index (κ2) is 12.7. The van der Waals surface area contributed by atoms with E-state index in [2.05, 4.69) is 19.1 Å². The van der Waals surface area contributed by atoms with E-state index in [1.165, 1.54) is 37.5 Å². The molecule has 5 heteroatoms. The number of aryl methyl sites for hydroxylation is 2. The topological polar surface area (TPSA) is 61.8 Å². The fourth-order valence-corrected chi connectivity index (χ4v) is 4.78. The fourth-order valence-electron chi connectivity index (χ4n) is 4.78. The molecule has 3 aromatic carbocycles. The number of unbranched alkanes of at least 4 members (excludes halogenated alkanes) is 3. The largest absolute Gasteiger partial charge is 0.465 e. The third-order valence-corrected chi connectivity index (χ3v) is 6.95.